The second kappa shape index (κ2) is 9.77. The molecule has 1 aromatic carbocycles. The van der Waals surface area contributed by atoms with E-state index in [9.17, 15) is 4.79 Å². The van der Waals surface area contributed by atoms with E-state index < -0.39 is 0 Å². The third-order valence-corrected chi connectivity index (χ3v) is 4.56. The van der Waals surface area contributed by atoms with E-state index in [1.54, 1.807) is 12.5 Å². The molecule has 6 nitrogen and oxygen atoms in total. The van der Waals surface area contributed by atoms with Crippen LogP contribution in [0.2, 0.25) is 0 Å². The number of carbonyl (C=O) groups is 1. The number of carbonyl (C=O) groups excluding carboxylic acids is 1. The van der Waals surface area contributed by atoms with Gasteiger partial charge in [0.25, 0.3) is 0 Å². The number of rotatable bonds is 7. The van der Waals surface area contributed by atoms with Crippen molar-refractivity contribution in [3.05, 3.63) is 60.7 Å². The Balaban J connectivity index is 1.30. The molecule has 2 aromatic rings. The number of nitrogens with one attached hydrogen (secondary N) is 1. The molecule has 3 rings (SSSR count). The molecule has 0 radical (unpaired) electrons. The number of urea groups is 1. The van der Waals surface area contributed by atoms with Crippen LogP contribution in [0.1, 0.15) is 12.0 Å². The number of hydrogen-bond acceptors (Lipinski definition) is 3. The summed E-state index contributed by atoms with van der Waals surface area (Å²) in [5, 5.41) is 3.02. The second-order valence-corrected chi connectivity index (χ2v) is 6.49. The summed E-state index contributed by atoms with van der Waals surface area (Å²) in [6, 6.07) is 10.4. The molecule has 6 heteroatoms. The van der Waals surface area contributed by atoms with E-state index in [1.807, 2.05) is 33.9 Å². The first-order chi connectivity index (χ1) is 12.8. The van der Waals surface area contributed by atoms with Crippen molar-refractivity contribution in [2.24, 2.45) is 0 Å². The number of benzene rings is 1. The van der Waals surface area contributed by atoms with Crippen molar-refractivity contribution < 1.29 is 4.79 Å². The van der Waals surface area contributed by atoms with Crippen molar-refractivity contribution >= 4 is 12.1 Å². The molecule has 1 N–H and O–H groups in total. The van der Waals surface area contributed by atoms with Crippen LogP contribution in [0.15, 0.2) is 55.1 Å². The lowest BCUT2D eigenvalue weighted by Gasteiger charge is -2.34. The van der Waals surface area contributed by atoms with Crippen LogP contribution in [0, 0.1) is 0 Å². The van der Waals surface area contributed by atoms with Crippen molar-refractivity contribution in [2.75, 3.05) is 39.3 Å². The fourth-order valence-electron chi connectivity index (χ4n) is 3.02. The highest BCUT2D eigenvalue weighted by molar-refractivity contribution is 5.74. The summed E-state index contributed by atoms with van der Waals surface area (Å²) >= 11 is 0. The summed E-state index contributed by atoms with van der Waals surface area (Å²) in [5.41, 5.74) is 1.22. The van der Waals surface area contributed by atoms with E-state index in [4.69, 9.17) is 0 Å². The maximum atomic E-state index is 12.2. The molecular formula is C20H27N5O. The molecule has 1 aliphatic heterocycles. The van der Waals surface area contributed by atoms with E-state index in [-0.39, 0.29) is 6.03 Å². The second-order valence-electron chi connectivity index (χ2n) is 6.49. The lowest BCUT2D eigenvalue weighted by Crippen LogP contribution is -2.51. The maximum Gasteiger partial charge on any atom is 0.317 e. The molecule has 0 unspecified atom stereocenters. The predicted molar refractivity (Wildman–Crippen MR) is 104 cm³/mol. The van der Waals surface area contributed by atoms with Crippen molar-refractivity contribution in [2.45, 2.75) is 13.0 Å². The molecule has 0 aliphatic carbocycles. The minimum Gasteiger partial charge on any atom is -0.338 e. The van der Waals surface area contributed by atoms with Gasteiger partial charge >= 0.3 is 6.03 Å². The first-order valence-electron chi connectivity index (χ1n) is 9.24. The van der Waals surface area contributed by atoms with Gasteiger partial charge in [-0.3, -0.25) is 4.90 Å². The van der Waals surface area contributed by atoms with Crippen molar-refractivity contribution in [1.82, 2.24) is 24.7 Å². The first kappa shape index (κ1) is 18.2. The third kappa shape index (κ3) is 5.74. The van der Waals surface area contributed by atoms with Gasteiger partial charge in [0.1, 0.15) is 0 Å². The zero-order valence-corrected chi connectivity index (χ0v) is 15.1. The zero-order chi connectivity index (χ0) is 18.0. The minimum absolute atomic E-state index is 0.0510. The maximum absolute atomic E-state index is 12.2. The van der Waals surface area contributed by atoms with Crippen LogP contribution in [0.25, 0.3) is 6.08 Å². The molecule has 0 spiro atoms. The SMILES string of the molecule is O=C(NCCCn1ccnc1)N1CCN(CC=Cc2ccccc2)CC1. The highest BCUT2D eigenvalue weighted by Crippen LogP contribution is 2.05. The summed E-state index contributed by atoms with van der Waals surface area (Å²) in [7, 11) is 0. The number of aryl methyl sites for hydroxylation is 1. The number of aromatic nitrogens is 2. The monoisotopic (exact) mass is 353 g/mol. The van der Waals surface area contributed by atoms with E-state index in [2.05, 4.69) is 39.5 Å². The topological polar surface area (TPSA) is 53.4 Å². The molecule has 0 bridgehead atoms. The summed E-state index contributed by atoms with van der Waals surface area (Å²) in [4.78, 5) is 20.5. The molecule has 1 fully saturated rings. The van der Waals surface area contributed by atoms with Crippen molar-refractivity contribution in [1.29, 1.82) is 0 Å². The van der Waals surface area contributed by atoms with Crippen molar-refractivity contribution in [3.8, 4) is 0 Å². The average Bonchev–Trinajstić information content (AvgIpc) is 3.20. The van der Waals surface area contributed by atoms with Gasteiger partial charge in [0, 0.05) is 58.2 Å². The standard InChI is InChI=1S/C20H27N5O/c26-20(22-9-5-12-24-13-10-21-18-24)25-16-14-23(15-17-25)11-4-8-19-6-2-1-3-7-19/h1-4,6-8,10,13,18H,5,9,11-12,14-17H2,(H,22,26). The van der Waals surface area contributed by atoms with Gasteiger partial charge in [-0.05, 0) is 12.0 Å². The Morgan fingerprint density at radius 3 is 2.69 bits per heavy atom. The number of piperazine rings is 1. The van der Waals surface area contributed by atoms with Crippen LogP contribution in [0.3, 0.4) is 0 Å². The quantitative estimate of drug-likeness (QED) is 0.777. The Morgan fingerprint density at radius 2 is 1.96 bits per heavy atom. The van der Waals surface area contributed by atoms with Crippen LogP contribution >= 0.6 is 0 Å². The molecule has 1 saturated heterocycles. The van der Waals surface area contributed by atoms with E-state index >= 15 is 0 Å². The average molecular weight is 353 g/mol. The van der Waals surface area contributed by atoms with Crippen molar-refractivity contribution in [3.63, 3.8) is 0 Å². The lowest BCUT2D eigenvalue weighted by molar-refractivity contribution is 0.146. The molecule has 0 saturated carbocycles. The van der Waals surface area contributed by atoms with Crippen LogP contribution in [0.4, 0.5) is 4.79 Å². The van der Waals surface area contributed by atoms with Crippen LogP contribution in [0.5, 0.6) is 0 Å². The van der Waals surface area contributed by atoms with Gasteiger partial charge in [-0.15, -0.1) is 0 Å². The molecule has 2 heterocycles. The largest absolute Gasteiger partial charge is 0.338 e. The number of imidazole rings is 1. The first-order valence-corrected chi connectivity index (χ1v) is 9.24. The van der Waals surface area contributed by atoms with Crippen LogP contribution in [-0.4, -0.2) is 64.7 Å². The summed E-state index contributed by atoms with van der Waals surface area (Å²) in [5.74, 6) is 0. The molecule has 0 atom stereocenters. The highest BCUT2D eigenvalue weighted by atomic mass is 16.2. The summed E-state index contributed by atoms with van der Waals surface area (Å²) in [6.07, 6.45) is 10.8. The zero-order valence-electron chi connectivity index (χ0n) is 15.1. The van der Waals surface area contributed by atoms with Gasteiger partial charge < -0.3 is 14.8 Å². The van der Waals surface area contributed by atoms with E-state index in [0.29, 0.717) is 6.54 Å². The highest BCUT2D eigenvalue weighted by Gasteiger charge is 2.19. The van der Waals surface area contributed by atoms with Gasteiger partial charge in [0.15, 0.2) is 0 Å². The van der Waals surface area contributed by atoms with Crippen LogP contribution < -0.4 is 5.32 Å². The third-order valence-electron chi connectivity index (χ3n) is 4.56. The Kier molecular flexibility index (Phi) is 6.84. The van der Waals surface area contributed by atoms with Gasteiger partial charge in [-0.1, -0.05) is 42.5 Å². The Bertz CT molecular complexity index is 675. The van der Waals surface area contributed by atoms with E-state index in [1.165, 1.54) is 5.56 Å². The Labute approximate surface area is 155 Å². The minimum atomic E-state index is 0.0510. The fourth-order valence-corrected chi connectivity index (χ4v) is 3.02. The predicted octanol–water partition coefficient (Wildman–Crippen LogP) is 2.31. The van der Waals surface area contributed by atoms with Gasteiger partial charge in [0.05, 0.1) is 6.33 Å². The molecule has 26 heavy (non-hydrogen) atoms. The Hall–Kier alpha value is -2.60. The van der Waals surface area contributed by atoms with Gasteiger partial charge in [-0.2, -0.15) is 0 Å². The normalized spacial score (nSPS) is 15.5. The van der Waals surface area contributed by atoms with Gasteiger partial charge in [0.2, 0.25) is 0 Å². The van der Waals surface area contributed by atoms with Crippen LogP contribution in [-0.2, 0) is 6.54 Å². The molecule has 2 amide bonds. The molecule has 138 valence electrons. The molecular weight excluding hydrogens is 326 g/mol. The number of amides is 2. The lowest BCUT2D eigenvalue weighted by atomic mass is 10.2. The molecule has 1 aromatic heterocycles. The van der Waals surface area contributed by atoms with Gasteiger partial charge in [-0.25, -0.2) is 9.78 Å². The number of nitrogens with zero attached hydrogens (tertiary/aromatic N) is 4. The Morgan fingerprint density at radius 1 is 1.15 bits per heavy atom. The molecule has 1 aliphatic rings. The van der Waals surface area contributed by atoms with E-state index in [0.717, 1.165) is 45.7 Å². The summed E-state index contributed by atoms with van der Waals surface area (Å²) < 4.78 is 2.02. The number of hydrogen-bond donors (Lipinski definition) is 1. The fraction of sp³-hybridized carbons (Fsp3) is 0.400. The summed E-state index contributed by atoms with van der Waals surface area (Å²) in [6.45, 7) is 5.90. The smallest absolute Gasteiger partial charge is 0.317 e.